The Labute approximate surface area is 82.3 Å². The molecule has 13 heavy (non-hydrogen) atoms. The fraction of sp³-hybridized carbons (Fsp3) is 1.00. The van der Waals surface area contributed by atoms with Gasteiger partial charge < -0.3 is 4.74 Å². The second-order valence-corrected chi connectivity index (χ2v) is 5.72. The Morgan fingerprint density at radius 3 is 2.23 bits per heavy atom. The number of hydrogen-bond acceptors (Lipinski definition) is 2. The van der Waals surface area contributed by atoms with Crippen LogP contribution in [0.5, 0.6) is 0 Å². The van der Waals surface area contributed by atoms with E-state index in [-0.39, 0.29) is 11.1 Å². The predicted molar refractivity (Wildman–Crippen MR) is 56.0 cm³/mol. The Balaban J connectivity index is 2.72. The van der Waals surface area contributed by atoms with Crippen LogP contribution < -0.4 is 0 Å². The van der Waals surface area contributed by atoms with Gasteiger partial charge in [-0.05, 0) is 41.5 Å². The van der Waals surface area contributed by atoms with Gasteiger partial charge in [-0.3, -0.25) is 4.90 Å². The molecule has 0 radical (unpaired) electrons. The lowest BCUT2D eigenvalue weighted by Crippen LogP contribution is -2.59. The molecule has 1 rings (SSSR count). The molecule has 1 aliphatic heterocycles. The molecule has 0 saturated carbocycles. The van der Waals surface area contributed by atoms with E-state index in [2.05, 4.69) is 46.4 Å². The molecule has 1 heterocycles. The van der Waals surface area contributed by atoms with E-state index in [4.69, 9.17) is 4.74 Å². The second-order valence-electron chi connectivity index (χ2n) is 5.72. The van der Waals surface area contributed by atoms with E-state index in [1.165, 1.54) is 0 Å². The molecule has 0 aromatic carbocycles. The largest absolute Gasteiger partial charge is 0.373 e. The van der Waals surface area contributed by atoms with E-state index in [9.17, 15) is 0 Å². The molecule has 0 aromatic heterocycles. The van der Waals surface area contributed by atoms with Crippen LogP contribution in [-0.2, 0) is 4.74 Å². The third-order valence-electron chi connectivity index (χ3n) is 2.66. The molecular formula is C11H23NO. The van der Waals surface area contributed by atoms with Crippen molar-refractivity contribution in [1.29, 1.82) is 0 Å². The topological polar surface area (TPSA) is 12.5 Å². The molecule has 78 valence electrons. The number of hydrogen-bond donors (Lipinski definition) is 0. The van der Waals surface area contributed by atoms with E-state index in [0.717, 1.165) is 13.2 Å². The first-order valence-corrected chi connectivity index (χ1v) is 5.13. The highest BCUT2D eigenvalue weighted by Gasteiger charge is 2.36. The van der Waals surface area contributed by atoms with Gasteiger partial charge in [0.2, 0.25) is 0 Å². The fourth-order valence-corrected chi connectivity index (χ4v) is 1.95. The zero-order valence-electron chi connectivity index (χ0n) is 9.85. The Morgan fingerprint density at radius 2 is 1.85 bits per heavy atom. The van der Waals surface area contributed by atoms with Gasteiger partial charge in [-0.1, -0.05) is 0 Å². The maximum absolute atomic E-state index is 5.76. The highest BCUT2D eigenvalue weighted by atomic mass is 16.5. The van der Waals surface area contributed by atoms with Crippen molar-refractivity contribution >= 4 is 0 Å². The average Bonchev–Trinajstić information content (AvgIpc) is 1.92. The van der Waals surface area contributed by atoms with Gasteiger partial charge in [0.05, 0.1) is 12.2 Å². The molecule has 1 atom stereocenters. The predicted octanol–water partition coefficient (Wildman–Crippen LogP) is 2.28. The van der Waals surface area contributed by atoms with Crippen molar-refractivity contribution in [3.63, 3.8) is 0 Å². The Morgan fingerprint density at radius 1 is 1.31 bits per heavy atom. The molecule has 1 saturated heterocycles. The minimum absolute atomic E-state index is 0.0137. The third kappa shape index (κ3) is 2.68. The molecule has 0 amide bonds. The molecule has 0 aromatic rings. The van der Waals surface area contributed by atoms with Gasteiger partial charge in [0.25, 0.3) is 0 Å². The van der Waals surface area contributed by atoms with Crippen molar-refractivity contribution in [1.82, 2.24) is 4.90 Å². The van der Waals surface area contributed by atoms with Gasteiger partial charge in [-0.15, -0.1) is 0 Å². The Bertz CT molecular complexity index is 181. The summed E-state index contributed by atoms with van der Waals surface area (Å²) >= 11 is 0. The lowest BCUT2D eigenvalue weighted by Gasteiger charge is -2.48. The van der Waals surface area contributed by atoms with Gasteiger partial charge in [-0.25, -0.2) is 0 Å². The maximum Gasteiger partial charge on any atom is 0.0753 e. The van der Waals surface area contributed by atoms with Gasteiger partial charge in [0.1, 0.15) is 0 Å². The molecule has 2 nitrogen and oxygen atoms in total. The van der Waals surface area contributed by atoms with Gasteiger partial charge in [0.15, 0.2) is 0 Å². The average molecular weight is 185 g/mol. The first-order valence-electron chi connectivity index (χ1n) is 5.13. The number of ether oxygens (including phenoxy) is 1. The van der Waals surface area contributed by atoms with Crippen molar-refractivity contribution in [3.8, 4) is 0 Å². The number of morpholine rings is 1. The highest BCUT2D eigenvalue weighted by Crippen LogP contribution is 2.26. The summed E-state index contributed by atoms with van der Waals surface area (Å²) in [7, 11) is 0. The molecule has 0 bridgehead atoms. The second kappa shape index (κ2) is 3.25. The summed E-state index contributed by atoms with van der Waals surface area (Å²) < 4.78 is 5.76. The lowest BCUT2D eigenvalue weighted by molar-refractivity contribution is -0.134. The summed E-state index contributed by atoms with van der Waals surface area (Å²) in [5.74, 6) is 0. The smallest absolute Gasteiger partial charge is 0.0753 e. The zero-order chi connectivity index (χ0) is 10.3. The standard InChI is InChI=1S/C11H23NO/c1-9-7-13-11(5,6)8-12(9)10(2,3)4/h9H,7-8H2,1-6H3/t9-/m0/s1. The summed E-state index contributed by atoms with van der Waals surface area (Å²) in [6, 6.07) is 0.535. The van der Waals surface area contributed by atoms with Crippen LogP contribution in [0.4, 0.5) is 0 Å². The van der Waals surface area contributed by atoms with Crippen LogP contribution in [0.2, 0.25) is 0 Å². The van der Waals surface area contributed by atoms with Crippen LogP contribution in [0.3, 0.4) is 0 Å². The minimum Gasteiger partial charge on any atom is -0.373 e. The van der Waals surface area contributed by atoms with Crippen LogP contribution in [0.1, 0.15) is 41.5 Å². The summed E-state index contributed by atoms with van der Waals surface area (Å²) in [4.78, 5) is 2.52. The van der Waals surface area contributed by atoms with Crippen molar-refractivity contribution in [2.75, 3.05) is 13.2 Å². The number of rotatable bonds is 0. The van der Waals surface area contributed by atoms with E-state index in [0.29, 0.717) is 6.04 Å². The zero-order valence-corrected chi connectivity index (χ0v) is 9.85. The van der Waals surface area contributed by atoms with Gasteiger partial charge in [-0.2, -0.15) is 0 Å². The fourth-order valence-electron chi connectivity index (χ4n) is 1.95. The molecule has 0 unspecified atom stereocenters. The van der Waals surface area contributed by atoms with Crippen molar-refractivity contribution in [2.24, 2.45) is 0 Å². The van der Waals surface area contributed by atoms with Crippen LogP contribution >= 0.6 is 0 Å². The first-order chi connectivity index (χ1) is 5.72. The normalized spacial score (nSPS) is 30.5. The highest BCUT2D eigenvalue weighted by molar-refractivity contribution is 4.90. The van der Waals surface area contributed by atoms with Gasteiger partial charge in [0, 0.05) is 18.1 Å². The van der Waals surface area contributed by atoms with Crippen LogP contribution in [0, 0.1) is 0 Å². The van der Waals surface area contributed by atoms with Gasteiger partial charge >= 0.3 is 0 Å². The van der Waals surface area contributed by atoms with Crippen molar-refractivity contribution < 1.29 is 4.74 Å². The first kappa shape index (κ1) is 11.0. The monoisotopic (exact) mass is 185 g/mol. The quantitative estimate of drug-likeness (QED) is 0.574. The molecule has 2 heteroatoms. The van der Waals surface area contributed by atoms with E-state index in [1.54, 1.807) is 0 Å². The van der Waals surface area contributed by atoms with Crippen LogP contribution in [0.15, 0.2) is 0 Å². The third-order valence-corrected chi connectivity index (χ3v) is 2.66. The Kier molecular flexibility index (Phi) is 2.75. The summed E-state index contributed by atoms with van der Waals surface area (Å²) in [6.45, 7) is 15.2. The lowest BCUT2D eigenvalue weighted by atomic mass is 9.97. The SMILES string of the molecule is C[C@H]1COC(C)(C)CN1C(C)(C)C. The van der Waals surface area contributed by atoms with E-state index >= 15 is 0 Å². The van der Waals surface area contributed by atoms with Crippen LogP contribution in [0.25, 0.3) is 0 Å². The summed E-state index contributed by atoms with van der Waals surface area (Å²) in [6.07, 6.45) is 0. The molecule has 1 fully saturated rings. The van der Waals surface area contributed by atoms with Crippen molar-refractivity contribution in [2.45, 2.75) is 58.7 Å². The summed E-state index contributed by atoms with van der Waals surface area (Å²) in [5.41, 5.74) is 0.264. The summed E-state index contributed by atoms with van der Waals surface area (Å²) in [5, 5.41) is 0. The van der Waals surface area contributed by atoms with E-state index < -0.39 is 0 Å². The Hall–Kier alpha value is -0.0800. The number of nitrogens with zero attached hydrogens (tertiary/aromatic N) is 1. The molecule has 0 aliphatic carbocycles. The molecule has 0 spiro atoms. The molecule has 1 aliphatic rings. The van der Waals surface area contributed by atoms with Crippen molar-refractivity contribution in [3.05, 3.63) is 0 Å². The maximum atomic E-state index is 5.76. The molecule has 0 N–H and O–H groups in total. The van der Waals surface area contributed by atoms with Crippen LogP contribution in [-0.4, -0.2) is 35.2 Å². The minimum atomic E-state index is 0.0137. The molecular weight excluding hydrogens is 162 g/mol. The van der Waals surface area contributed by atoms with E-state index in [1.807, 2.05) is 0 Å².